The molecule has 19 heavy (non-hydrogen) atoms. The molecule has 2 nitrogen and oxygen atoms in total. The predicted octanol–water partition coefficient (Wildman–Crippen LogP) is 3.38. The van der Waals surface area contributed by atoms with Gasteiger partial charge < -0.3 is 10.1 Å². The Morgan fingerprint density at radius 1 is 1.21 bits per heavy atom. The standard InChI is InChI=1S/C17H27NO/c1-12(2)15-7-6-14(5)16(8-15)17(10-19-11-17)9-18-13(3)4/h6-8,12-13,18H,9-11H2,1-5H3. The van der Waals surface area contributed by atoms with Crippen molar-refractivity contribution in [3.63, 3.8) is 0 Å². The van der Waals surface area contributed by atoms with Crippen molar-refractivity contribution in [3.05, 3.63) is 34.9 Å². The van der Waals surface area contributed by atoms with Crippen molar-refractivity contribution >= 4 is 0 Å². The van der Waals surface area contributed by atoms with Gasteiger partial charge in [-0.3, -0.25) is 0 Å². The van der Waals surface area contributed by atoms with Crippen LogP contribution in [-0.2, 0) is 10.2 Å². The van der Waals surface area contributed by atoms with Crippen LogP contribution in [0, 0.1) is 6.92 Å². The fourth-order valence-electron chi connectivity index (χ4n) is 2.67. The van der Waals surface area contributed by atoms with Crippen molar-refractivity contribution in [2.45, 2.75) is 52.0 Å². The molecule has 1 N–H and O–H groups in total. The van der Waals surface area contributed by atoms with E-state index in [0.717, 1.165) is 19.8 Å². The molecule has 0 aliphatic carbocycles. The molecule has 0 bridgehead atoms. The van der Waals surface area contributed by atoms with Crippen LogP contribution in [0.1, 0.15) is 50.3 Å². The third-order valence-corrected chi connectivity index (χ3v) is 4.11. The van der Waals surface area contributed by atoms with Crippen LogP contribution in [0.25, 0.3) is 0 Å². The van der Waals surface area contributed by atoms with Crippen LogP contribution in [0.2, 0.25) is 0 Å². The topological polar surface area (TPSA) is 21.3 Å². The van der Waals surface area contributed by atoms with Crippen molar-refractivity contribution in [2.75, 3.05) is 19.8 Å². The summed E-state index contributed by atoms with van der Waals surface area (Å²) in [6.45, 7) is 13.8. The van der Waals surface area contributed by atoms with Gasteiger partial charge in [0.05, 0.1) is 18.6 Å². The normalized spacial score (nSPS) is 17.8. The summed E-state index contributed by atoms with van der Waals surface area (Å²) in [7, 11) is 0. The molecule has 2 heteroatoms. The van der Waals surface area contributed by atoms with Gasteiger partial charge in [-0.1, -0.05) is 45.9 Å². The quantitative estimate of drug-likeness (QED) is 0.877. The van der Waals surface area contributed by atoms with Crippen LogP contribution < -0.4 is 5.32 Å². The Bertz CT molecular complexity index is 433. The minimum atomic E-state index is 0.180. The summed E-state index contributed by atoms with van der Waals surface area (Å²) in [5.74, 6) is 0.579. The molecule has 0 unspecified atom stereocenters. The lowest BCUT2D eigenvalue weighted by atomic mass is 9.75. The average Bonchev–Trinajstić information content (AvgIpc) is 2.29. The Hall–Kier alpha value is -0.860. The highest BCUT2D eigenvalue weighted by Gasteiger charge is 2.41. The maximum absolute atomic E-state index is 5.54. The van der Waals surface area contributed by atoms with E-state index in [1.807, 2.05) is 0 Å². The Labute approximate surface area is 117 Å². The summed E-state index contributed by atoms with van der Waals surface area (Å²) in [5, 5.41) is 3.58. The number of hydrogen-bond acceptors (Lipinski definition) is 2. The second kappa shape index (κ2) is 5.64. The molecule has 0 atom stereocenters. The molecule has 1 heterocycles. The smallest absolute Gasteiger partial charge is 0.0598 e. The molecule has 1 aliphatic rings. The molecule has 0 aromatic heterocycles. The van der Waals surface area contributed by atoms with Crippen LogP contribution in [0.4, 0.5) is 0 Å². The minimum absolute atomic E-state index is 0.180. The van der Waals surface area contributed by atoms with E-state index in [4.69, 9.17) is 4.74 Å². The molecule has 1 saturated heterocycles. The Morgan fingerprint density at radius 2 is 1.89 bits per heavy atom. The van der Waals surface area contributed by atoms with Gasteiger partial charge in [0.1, 0.15) is 0 Å². The number of hydrogen-bond donors (Lipinski definition) is 1. The first-order chi connectivity index (χ1) is 8.94. The van der Waals surface area contributed by atoms with E-state index >= 15 is 0 Å². The highest BCUT2D eigenvalue weighted by molar-refractivity contribution is 5.40. The van der Waals surface area contributed by atoms with Crippen LogP contribution in [0.3, 0.4) is 0 Å². The lowest BCUT2D eigenvalue weighted by molar-refractivity contribution is -0.0600. The van der Waals surface area contributed by atoms with E-state index in [1.165, 1.54) is 16.7 Å². The summed E-state index contributed by atoms with van der Waals surface area (Å²) >= 11 is 0. The summed E-state index contributed by atoms with van der Waals surface area (Å²) in [5.41, 5.74) is 4.46. The van der Waals surface area contributed by atoms with Gasteiger partial charge in [0, 0.05) is 12.6 Å². The molecule has 0 saturated carbocycles. The first-order valence-electron chi connectivity index (χ1n) is 7.37. The maximum Gasteiger partial charge on any atom is 0.0598 e. The average molecular weight is 261 g/mol. The highest BCUT2D eigenvalue weighted by Crippen LogP contribution is 2.35. The molecule has 2 rings (SSSR count). The lowest BCUT2D eigenvalue weighted by Crippen LogP contribution is -2.54. The van der Waals surface area contributed by atoms with Crippen molar-refractivity contribution in [1.29, 1.82) is 0 Å². The highest BCUT2D eigenvalue weighted by atomic mass is 16.5. The zero-order chi connectivity index (χ0) is 14.0. The van der Waals surface area contributed by atoms with Gasteiger partial charge in [-0.05, 0) is 29.5 Å². The minimum Gasteiger partial charge on any atom is -0.379 e. The molecule has 0 amide bonds. The van der Waals surface area contributed by atoms with E-state index in [9.17, 15) is 0 Å². The van der Waals surface area contributed by atoms with Crippen LogP contribution in [-0.4, -0.2) is 25.8 Å². The molecule has 1 aliphatic heterocycles. The van der Waals surface area contributed by atoms with Gasteiger partial charge in [0.15, 0.2) is 0 Å². The van der Waals surface area contributed by atoms with Gasteiger partial charge in [-0.15, -0.1) is 0 Å². The first kappa shape index (κ1) is 14.5. The van der Waals surface area contributed by atoms with Crippen molar-refractivity contribution in [3.8, 4) is 0 Å². The summed E-state index contributed by atoms with van der Waals surface area (Å²) in [6.07, 6.45) is 0. The number of nitrogens with one attached hydrogen (secondary N) is 1. The molecule has 1 fully saturated rings. The Morgan fingerprint density at radius 3 is 2.37 bits per heavy atom. The van der Waals surface area contributed by atoms with Crippen LogP contribution in [0.5, 0.6) is 0 Å². The van der Waals surface area contributed by atoms with Gasteiger partial charge in [0.25, 0.3) is 0 Å². The number of benzene rings is 1. The summed E-state index contributed by atoms with van der Waals surface area (Å²) in [6, 6.07) is 7.43. The summed E-state index contributed by atoms with van der Waals surface area (Å²) < 4.78 is 5.54. The third-order valence-electron chi connectivity index (χ3n) is 4.11. The van der Waals surface area contributed by atoms with Gasteiger partial charge >= 0.3 is 0 Å². The Kier molecular flexibility index (Phi) is 4.32. The zero-order valence-electron chi connectivity index (χ0n) is 12.9. The molecule has 1 aromatic carbocycles. The first-order valence-corrected chi connectivity index (χ1v) is 7.37. The van der Waals surface area contributed by atoms with E-state index in [1.54, 1.807) is 0 Å². The van der Waals surface area contributed by atoms with Gasteiger partial charge in [-0.25, -0.2) is 0 Å². The predicted molar refractivity (Wildman–Crippen MR) is 80.9 cm³/mol. The number of aryl methyl sites for hydroxylation is 1. The van der Waals surface area contributed by atoms with E-state index in [-0.39, 0.29) is 5.41 Å². The SMILES string of the molecule is Cc1ccc(C(C)C)cc1C1(CNC(C)C)COC1. The fraction of sp³-hybridized carbons (Fsp3) is 0.647. The third kappa shape index (κ3) is 3.01. The Balaban J connectivity index is 2.29. The van der Waals surface area contributed by atoms with Crippen molar-refractivity contribution in [1.82, 2.24) is 5.32 Å². The van der Waals surface area contributed by atoms with E-state index in [0.29, 0.717) is 12.0 Å². The van der Waals surface area contributed by atoms with Crippen LogP contribution >= 0.6 is 0 Å². The molecular weight excluding hydrogens is 234 g/mol. The molecule has 1 aromatic rings. The molecule has 0 spiro atoms. The van der Waals surface area contributed by atoms with Crippen molar-refractivity contribution in [2.24, 2.45) is 0 Å². The second-order valence-electron chi connectivity index (χ2n) is 6.54. The lowest BCUT2D eigenvalue weighted by Gasteiger charge is -2.43. The zero-order valence-corrected chi connectivity index (χ0v) is 12.9. The van der Waals surface area contributed by atoms with E-state index in [2.05, 4.69) is 58.1 Å². The number of ether oxygens (including phenoxy) is 1. The van der Waals surface area contributed by atoms with Gasteiger partial charge in [0.2, 0.25) is 0 Å². The fourth-order valence-corrected chi connectivity index (χ4v) is 2.67. The molecule has 106 valence electrons. The second-order valence-corrected chi connectivity index (χ2v) is 6.54. The largest absolute Gasteiger partial charge is 0.379 e. The van der Waals surface area contributed by atoms with Crippen LogP contribution in [0.15, 0.2) is 18.2 Å². The summed E-state index contributed by atoms with van der Waals surface area (Å²) in [4.78, 5) is 0. The molecule has 0 radical (unpaired) electrons. The number of rotatable bonds is 5. The maximum atomic E-state index is 5.54. The monoisotopic (exact) mass is 261 g/mol. The molecular formula is C17H27NO. The van der Waals surface area contributed by atoms with Gasteiger partial charge in [-0.2, -0.15) is 0 Å². The van der Waals surface area contributed by atoms with Crippen molar-refractivity contribution < 1.29 is 4.74 Å². The van der Waals surface area contributed by atoms with E-state index < -0.39 is 0 Å².